The zero-order chi connectivity index (χ0) is 9.14. The predicted molar refractivity (Wildman–Crippen MR) is 50.8 cm³/mol. The molecule has 74 valence electrons. The van der Waals surface area contributed by atoms with E-state index in [9.17, 15) is 4.79 Å². The van der Waals surface area contributed by atoms with Gasteiger partial charge in [0.15, 0.2) is 0 Å². The van der Waals surface area contributed by atoms with Gasteiger partial charge in [-0.25, -0.2) is 9.78 Å². The van der Waals surface area contributed by atoms with Crippen LogP contribution in [0.1, 0.15) is 17.4 Å². The van der Waals surface area contributed by atoms with Gasteiger partial charge < -0.3 is 15.0 Å². The standard InChI is InChI=1S/C7H11N3O2.ClH/c1-3-12-6(11)5-4-9-7(8)10(5)2;/h4H,3H2,1-2H3,(H2,8,9);1H. The number of nitrogens with two attached hydrogens (primary N) is 1. The summed E-state index contributed by atoms with van der Waals surface area (Å²) in [7, 11) is 1.66. The first-order chi connectivity index (χ1) is 5.66. The molecule has 0 aliphatic carbocycles. The second kappa shape index (κ2) is 4.71. The lowest BCUT2D eigenvalue weighted by atomic mass is 10.5. The van der Waals surface area contributed by atoms with Gasteiger partial charge >= 0.3 is 5.97 Å². The maximum atomic E-state index is 11.1. The molecule has 1 rings (SSSR count). The van der Waals surface area contributed by atoms with Crippen molar-refractivity contribution in [3.63, 3.8) is 0 Å². The fourth-order valence-electron chi connectivity index (χ4n) is 0.819. The van der Waals surface area contributed by atoms with Gasteiger partial charge in [-0.05, 0) is 6.92 Å². The monoisotopic (exact) mass is 205 g/mol. The van der Waals surface area contributed by atoms with Crippen molar-refractivity contribution in [3.8, 4) is 0 Å². The number of hydrogen-bond acceptors (Lipinski definition) is 4. The summed E-state index contributed by atoms with van der Waals surface area (Å²) >= 11 is 0. The zero-order valence-corrected chi connectivity index (χ0v) is 8.30. The zero-order valence-electron chi connectivity index (χ0n) is 7.48. The summed E-state index contributed by atoms with van der Waals surface area (Å²) in [5.74, 6) is -0.0951. The molecule has 0 bridgehead atoms. The quantitative estimate of drug-likeness (QED) is 0.718. The third-order valence-corrected chi connectivity index (χ3v) is 1.51. The number of carbonyl (C=O) groups is 1. The fourth-order valence-corrected chi connectivity index (χ4v) is 0.819. The number of imidazole rings is 1. The molecule has 1 heterocycles. The Kier molecular flexibility index (Phi) is 4.27. The van der Waals surface area contributed by atoms with Gasteiger partial charge in [0, 0.05) is 7.05 Å². The van der Waals surface area contributed by atoms with Crippen LogP contribution in [0.5, 0.6) is 0 Å². The first-order valence-corrected chi connectivity index (χ1v) is 3.61. The van der Waals surface area contributed by atoms with Crippen LogP contribution < -0.4 is 5.73 Å². The Balaban J connectivity index is 0.00000144. The maximum Gasteiger partial charge on any atom is 0.356 e. The fraction of sp³-hybridized carbons (Fsp3) is 0.429. The summed E-state index contributed by atoms with van der Waals surface area (Å²) < 4.78 is 6.25. The van der Waals surface area contributed by atoms with Gasteiger partial charge in [0.2, 0.25) is 5.95 Å². The smallest absolute Gasteiger partial charge is 0.356 e. The molecule has 0 fully saturated rings. The van der Waals surface area contributed by atoms with Crippen molar-refractivity contribution < 1.29 is 9.53 Å². The Bertz CT molecular complexity index is 298. The number of esters is 1. The molecule has 0 radical (unpaired) electrons. The number of hydrogen-bond donors (Lipinski definition) is 1. The Labute approximate surface area is 82.3 Å². The molecule has 0 amide bonds. The molecule has 0 saturated heterocycles. The molecule has 2 N–H and O–H groups in total. The molecule has 1 aromatic heterocycles. The number of anilines is 1. The lowest BCUT2D eigenvalue weighted by Gasteiger charge is -2.01. The van der Waals surface area contributed by atoms with Crippen LogP contribution in [0.2, 0.25) is 0 Å². The van der Waals surface area contributed by atoms with Crippen molar-refractivity contribution in [2.24, 2.45) is 7.05 Å². The van der Waals surface area contributed by atoms with Crippen LogP contribution in [-0.4, -0.2) is 22.1 Å². The highest BCUT2D eigenvalue weighted by Crippen LogP contribution is 2.05. The molecule has 6 heteroatoms. The van der Waals surface area contributed by atoms with E-state index in [1.54, 1.807) is 14.0 Å². The molecule has 0 saturated carbocycles. The lowest BCUT2D eigenvalue weighted by Crippen LogP contribution is -2.10. The third kappa shape index (κ3) is 2.35. The van der Waals surface area contributed by atoms with Gasteiger partial charge in [-0.15, -0.1) is 12.4 Å². The number of nitrogen functional groups attached to an aromatic ring is 1. The van der Waals surface area contributed by atoms with E-state index in [4.69, 9.17) is 10.5 Å². The molecule has 0 unspecified atom stereocenters. The van der Waals surface area contributed by atoms with Crippen LogP contribution in [0.25, 0.3) is 0 Å². The second-order valence-corrected chi connectivity index (χ2v) is 2.28. The van der Waals surface area contributed by atoms with Crippen LogP contribution in [0, 0.1) is 0 Å². The molecule has 0 atom stereocenters. The van der Waals surface area contributed by atoms with E-state index in [1.165, 1.54) is 10.8 Å². The van der Waals surface area contributed by atoms with E-state index in [0.29, 0.717) is 18.2 Å². The van der Waals surface area contributed by atoms with Crippen molar-refractivity contribution in [3.05, 3.63) is 11.9 Å². The molecule has 0 spiro atoms. The van der Waals surface area contributed by atoms with Crippen molar-refractivity contribution in [1.29, 1.82) is 0 Å². The van der Waals surface area contributed by atoms with Crippen molar-refractivity contribution >= 4 is 24.3 Å². The number of rotatable bonds is 2. The van der Waals surface area contributed by atoms with Crippen LogP contribution in [-0.2, 0) is 11.8 Å². The van der Waals surface area contributed by atoms with Gasteiger partial charge in [0.05, 0.1) is 12.8 Å². The first-order valence-electron chi connectivity index (χ1n) is 3.61. The van der Waals surface area contributed by atoms with Crippen LogP contribution >= 0.6 is 12.4 Å². The summed E-state index contributed by atoms with van der Waals surface area (Å²) in [6.45, 7) is 2.10. The number of carbonyl (C=O) groups excluding carboxylic acids is 1. The average molecular weight is 206 g/mol. The van der Waals surface area contributed by atoms with Gasteiger partial charge in [0.1, 0.15) is 5.69 Å². The van der Waals surface area contributed by atoms with E-state index < -0.39 is 5.97 Å². The Morgan fingerprint density at radius 1 is 1.77 bits per heavy atom. The highest BCUT2D eigenvalue weighted by molar-refractivity contribution is 5.87. The van der Waals surface area contributed by atoms with Crippen LogP contribution in [0.4, 0.5) is 5.95 Å². The van der Waals surface area contributed by atoms with Crippen LogP contribution in [0.3, 0.4) is 0 Å². The topological polar surface area (TPSA) is 70.1 Å². The minimum absolute atomic E-state index is 0. The largest absolute Gasteiger partial charge is 0.461 e. The minimum atomic E-state index is -0.399. The SMILES string of the molecule is CCOC(=O)c1cnc(N)n1C.Cl. The summed E-state index contributed by atoms with van der Waals surface area (Å²) in [6, 6.07) is 0. The number of halogens is 1. The summed E-state index contributed by atoms with van der Waals surface area (Å²) in [4.78, 5) is 14.9. The van der Waals surface area contributed by atoms with Crippen molar-refractivity contribution in [2.75, 3.05) is 12.3 Å². The van der Waals surface area contributed by atoms with E-state index in [2.05, 4.69) is 4.98 Å². The van der Waals surface area contributed by atoms with Gasteiger partial charge in [-0.2, -0.15) is 0 Å². The molecular weight excluding hydrogens is 194 g/mol. The van der Waals surface area contributed by atoms with E-state index >= 15 is 0 Å². The van der Waals surface area contributed by atoms with Crippen LogP contribution in [0.15, 0.2) is 6.20 Å². The molecule has 0 aromatic carbocycles. The molecule has 0 aliphatic heterocycles. The third-order valence-electron chi connectivity index (χ3n) is 1.51. The number of aromatic nitrogens is 2. The van der Waals surface area contributed by atoms with E-state index in [1.807, 2.05) is 0 Å². The van der Waals surface area contributed by atoms with Crippen molar-refractivity contribution in [2.45, 2.75) is 6.92 Å². The molecule has 0 aliphatic rings. The summed E-state index contributed by atoms with van der Waals surface area (Å²) in [5, 5.41) is 0. The van der Waals surface area contributed by atoms with Gasteiger partial charge in [-0.3, -0.25) is 0 Å². The first kappa shape index (κ1) is 11.8. The van der Waals surface area contributed by atoms with Crippen molar-refractivity contribution in [1.82, 2.24) is 9.55 Å². The predicted octanol–water partition coefficient (Wildman–Crippen LogP) is 0.601. The van der Waals surface area contributed by atoms with E-state index in [0.717, 1.165) is 0 Å². The highest BCUT2D eigenvalue weighted by Gasteiger charge is 2.12. The Hall–Kier alpha value is -1.23. The summed E-state index contributed by atoms with van der Waals surface area (Å²) in [5.41, 5.74) is 5.79. The van der Waals surface area contributed by atoms with E-state index in [-0.39, 0.29) is 12.4 Å². The highest BCUT2D eigenvalue weighted by atomic mass is 35.5. The molecule has 13 heavy (non-hydrogen) atoms. The van der Waals surface area contributed by atoms with Gasteiger partial charge in [0.25, 0.3) is 0 Å². The Morgan fingerprint density at radius 2 is 2.38 bits per heavy atom. The lowest BCUT2D eigenvalue weighted by molar-refractivity contribution is 0.0515. The summed E-state index contributed by atoms with van der Waals surface area (Å²) in [6.07, 6.45) is 1.40. The Morgan fingerprint density at radius 3 is 2.77 bits per heavy atom. The van der Waals surface area contributed by atoms with Gasteiger partial charge in [-0.1, -0.05) is 0 Å². The maximum absolute atomic E-state index is 11.1. The molecule has 5 nitrogen and oxygen atoms in total. The molecular formula is C7H12ClN3O2. The molecule has 1 aromatic rings. The second-order valence-electron chi connectivity index (χ2n) is 2.28. The normalized spacial score (nSPS) is 9.08. The number of nitrogens with zero attached hydrogens (tertiary/aromatic N) is 2. The minimum Gasteiger partial charge on any atom is -0.461 e. The average Bonchev–Trinajstić information content (AvgIpc) is 2.34. The number of ether oxygens (including phenoxy) is 1.